The number of halogens is 2. The van der Waals surface area contributed by atoms with Crippen molar-refractivity contribution in [1.82, 2.24) is 19.6 Å². The van der Waals surface area contributed by atoms with Crippen molar-refractivity contribution in [2.24, 2.45) is 0 Å². The Labute approximate surface area is 189 Å². The summed E-state index contributed by atoms with van der Waals surface area (Å²) in [5, 5.41) is 23.7. The molecule has 2 rings (SSSR count). The van der Waals surface area contributed by atoms with E-state index in [1.54, 1.807) is 34.6 Å². The number of carboxylic acid groups (broad SMARTS) is 1. The lowest BCUT2D eigenvalue weighted by Gasteiger charge is -2.19. The summed E-state index contributed by atoms with van der Waals surface area (Å²) in [6.45, 7) is 9.87. The van der Waals surface area contributed by atoms with Gasteiger partial charge in [-0.25, -0.2) is 9.59 Å². The summed E-state index contributed by atoms with van der Waals surface area (Å²) in [6.07, 6.45) is -1.65. The molecule has 2 heterocycles. The van der Waals surface area contributed by atoms with Gasteiger partial charge in [0.05, 0.1) is 18.5 Å². The van der Waals surface area contributed by atoms with E-state index in [0.29, 0.717) is 36.1 Å². The zero-order valence-electron chi connectivity index (χ0n) is 16.1. The molecule has 154 valence electrons. The van der Waals surface area contributed by atoms with E-state index in [0.717, 1.165) is 11.8 Å². The number of anilines is 2. The third-order valence-electron chi connectivity index (χ3n) is 3.54. The van der Waals surface area contributed by atoms with Crippen LogP contribution in [0.2, 0.25) is 0 Å². The van der Waals surface area contributed by atoms with E-state index >= 15 is 0 Å². The number of carbonyl (C=O) groups excluding carboxylic acids is 1. The summed E-state index contributed by atoms with van der Waals surface area (Å²) in [5.74, 6) is 1.08. The fraction of sp³-hybridized carbons (Fsp3) is 0.500. The summed E-state index contributed by atoms with van der Waals surface area (Å²) >= 11 is 4.18. The lowest BCUT2D eigenvalue weighted by molar-refractivity contribution is 0.0511. The third kappa shape index (κ3) is 5.27. The molecule has 0 aliphatic heterocycles. The van der Waals surface area contributed by atoms with Gasteiger partial charge in [0.1, 0.15) is 5.60 Å². The number of ether oxygens (including phenoxy) is 1. The van der Waals surface area contributed by atoms with Crippen molar-refractivity contribution in [3.05, 3.63) is 18.5 Å². The fourth-order valence-corrected chi connectivity index (χ4v) is 3.28. The average molecular weight is 616 g/mol. The van der Waals surface area contributed by atoms with Gasteiger partial charge in [-0.2, -0.15) is 9.36 Å². The van der Waals surface area contributed by atoms with Crippen LogP contribution in [0.15, 0.2) is 0 Å². The molecule has 0 saturated carbocycles. The van der Waals surface area contributed by atoms with E-state index in [1.165, 1.54) is 4.68 Å². The number of hydrogen-bond donors (Lipinski definition) is 3. The van der Waals surface area contributed by atoms with Crippen LogP contribution in [0.25, 0.3) is 0 Å². The molecule has 12 heteroatoms. The van der Waals surface area contributed by atoms with Gasteiger partial charge in [-0.1, -0.05) is 0 Å². The Balaban J connectivity index is 1.99. The van der Waals surface area contributed by atoms with Crippen LogP contribution < -0.4 is 10.6 Å². The lowest BCUT2D eigenvalue weighted by atomic mass is 10.2. The first-order valence-corrected chi connectivity index (χ1v) is 10.5. The Hall–Kier alpha value is -1.58. The number of nitrogens with one attached hydrogen (secondary N) is 2. The number of nitrogens with zero attached hydrogens (tertiary/aromatic N) is 4. The molecule has 0 radical (unpaired) electrons. The van der Waals surface area contributed by atoms with Gasteiger partial charge >= 0.3 is 12.2 Å². The standard InChI is InChI=1S/C16H22I2N6O4/c1-8-10(17)12(21-23(8)14(25)26)19-6-7-20-13-11(18)9(2)24(22-13)15(27)28-16(3,4)5/h6-7H2,1-5H3,(H,19,21)(H,20,22)(H,25,26). The highest BCUT2D eigenvalue weighted by molar-refractivity contribution is 14.1. The molecule has 0 bridgehead atoms. The maximum atomic E-state index is 12.3. The number of hydrogen-bond acceptors (Lipinski definition) is 7. The zero-order valence-corrected chi connectivity index (χ0v) is 20.4. The van der Waals surface area contributed by atoms with E-state index in [-0.39, 0.29) is 0 Å². The van der Waals surface area contributed by atoms with Gasteiger partial charge in [0.2, 0.25) is 0 Å². The second-order valence-electron chi connectivity index (χ2n) is 6.94. The SMILES string of the molecule is Cc1c(I)c(NCCNc2nn(C(=O)OC(C)(C)C)c(C)c2I)nn1C(=O)O. The lowest BCUT2D eigenvalue weighted by Crippen LogP contribution is -2.28. The molecule has 2 aromatic heterocycles. The molecule has 2 aromatic rings. The predicted octanol–water partition coefficient (Wildman–Crippen LogP) is 3.74. The summed E-state index contributed by atoms with van der Waals surface area (Å²) in [7, 11) is 0. The summed E-state index contributed by atoms with van der Waals surface area (Å²) in [4.78, 5) is 23.4. The molecule has 0 unspecified atom stereocenters. The minimum absolute atomic E-state index is 0.487. The van der Waals surface area contributed by atoms with Crippen molar-refractivity contribution >= 4 is 69.0 Å². The Kier molecular flexibility index (Phi) is 7.17. The van der Waals surface area contributed by atoms with E-state index < -0.39 is 17.8 Å². The van der Waals surface area contributed by atoms with E-state index in [2.05, 4.69) is 66.0 Å². The Morgan fingerprint density at radius 3 is 1.82 bits per heavy atom. The molecule has 0 fully saturated rings. The number of carbonyl (C=O) groups is 2. The number of aromatic nitrogens is 4. The first kappa shape index (κ1) is 22.7. The minimum Gasteiger partial charge on any atom is -0.463 e. The molecular weight excluding hydrogens is 594 g/mol. The van der Waals surface area contributed by atoms with E-state index in [1.807, 2.05) is 0 Å². The van der Waals surface area contributed by atoms with Crippen LogP contribution in [0, 0.1) is 21.0 Å². The molecule has 28 heavy (non-hydrogen) atoms. The number of rotatable bonds is 5. The summed E-state index contributed by atoms with van der Waals surface area (Å²) < 4.78 is 9.11. The molecule has 0 amide bonds. The predicted molar refractivity (Wildman–Crippen MR) is 121 cm³/mol. The van der Waals surface area contributed by atoms with Gasteiger partial charge in [-0.15, -0.1) is 10.2 Å². The molecule has 3 N–H and O–H groups in total. The van der Waals surface area contributed by atoms with Crippen LogP contribution in [0.4, 0.5) is 21.2 Å². The van der Waals surface area contributed by atoms with Crippen molar-refractivity contribution in [1.29, 1.82) is 0 Å². The first-order chi connectivity index (χ1) is 12.9. The normalized spacial score (nSPS) is 11.4. The molecule has 10 nitrogen and oxygen atoms in total. The van der Waals surface area contributed by atoms with Gasteiger partial charge in [0.25, 0.3) is 0 Å². The smallest absolute Gasteiger partial charge is 0.435 e. The molecule has 0 aliphatic carbocycles. The van der Waals surface area contributed by atoms with Crippen LogP contribution in [-0.2, 0) is 4.74 Å². The van der Waals surface area contributed by atoms with Gasteiger partial charge in [-0.05, 0) is 79.8 Å². The highest BCUT2D eigenvalue weighted by Crippen LogP contribution is 2.23. The zero-order chi connectivity index (χ0) is 21.2. The Morgan fingerprint density at radius 2 is 1.43 bits per heavy atom. The molecule has 0 atom stereocenters. The second kappa shape index (κ2) is 8.84. The molecule has 0 aromatic carbocycles. The van der Waals surface area contributed by atoms with Gasteiger partial charge in [-0.3, -0.25) is 0 Å². The second-order valence-corrected chi connectivity index (χ2v) is 9.09. The summed E-state index contributed by atoms with van der Waals surface area (Å²) in [6, 6.07) is 0. The highest BCUT2D eigenvalue weighted by Gasteiger charge is 2.23. The molecule has 0 saturated heterocycles. The van der Waals surface area contributed by atoms with Gasteiger partial charge in [0, 0.05) is 13.1 Å². The van der Waals surface area contributed by atoms with Gasteiger partial charge < -0.3 is 20.5 Å². The maximum Gasteiger partial charge on any atom is 0.435 e. The van der Waals surface area contributed by atoms with Crippen molar-refractivity contribution in [3.8, 4) is 0 Å². The van der Waals surface area contributed by atoms with Crippen molar-refractivity contribution < 1.29 is 19.4 Å². The Bertz CT molecular complexity index is 900. The van der Waals surface area contributed by atoms with Gasteiger partial charge in [0.15, 0.2) is 11.6 Å². The average Bonchev–Trinajstić information content (AvgIpc) is 3.02. The van der Waals surface area contributed by atoms with Crippen LogP contribution in [0.5, 0.6) is 0 Å². The van der Waals surface area contributed by atoms with E-state index in [4.69, 9.17) is 9.84 Å². The molecule has 0 aliphatic rings. The van der Waals surface area contributed by atoms with Crippen LogP contribution in [0.3, 0.4) is 0 Å². The molecular formula is C16H22I2N6O4. The minimum atomic E-state index is -1.13. The summed E-state index contributed by atoms with van der Waals surface area (Å²) in [5.41, 5.74) is 0.646. The topological polar surface area (TPSA) is 123 Å². The highest BCUT2D eigenvalue weighted by atomic mass is 127. The van der Waals surface area contributed by atoms with Crippen LogP contribution in [0.1, 0.15) is 32.2 Å². The quantitative estimate of drug-likeness (QED) is 0.343. The Morgan fingerprint density at radius 1 is 1.00 bits per heavy atom. The van der Waals surface area contributed by atoms with Crippen molar-refractivity contribution in [2.45, 2.75) is 40.2 Å². The molecule has 0 spiro atoms. The maximum absolute atomic E-state index is 12.3. The third-order valence-corrected chi connectivity index (χ3v) is 6.13. The monoisotopic (exact) mass is 616 g/mol. The largest absolute Gasteiger partial charge is 0.463 e. The van der Waals surface area contributed by atoms with Crippen LogP contribution in [-0.4, -0.2) is 55.5 Å². The van der Waals surface area contributed by atoms with Crippen LogP contribution >= 0.6 is 45.2 Å². The fourth-order valence-electron chi connectivity index (χ4n) is 2.22. The first-order valence-electron chi connectivity index (χ1n) is 8.37. The van der Waals surface area contributed by atoms with E-state index in [9.17, 15) is 9.59 Å². The van der Waals surface area contributed by atoms with Crippen molar-refractivity contribution in [2.75, 3.05) is 23.7 Å². The van der Waals surface area contributed by atoms with Crippen molar-refractivity contribution in [3.63, 3.8) is 0 Å².